The van der Waals surface area contributed by atoms with Gasteiger partial charge in [-0.2, -0.15) is 0 Å². The zero-order valence-electron chi connectivity index (χ0n) is 9.34. The number of carbonyl (C=O) groups excluding carboxylic acids is 1. The van der Waals surface area contributed by atoms with Gasteiger partial charge in [-0.05, 0) is 42.5 Å². The Labute approximate surface area is 98.9 Å². The van der Waals surface area contributed by atoms with Gasteiger partial charge in [0.15, 0.2) is 0 Å². The van der Waals surface area contributed by atoms with Crippen LogP contribution < -0.4 is 9.42 Å². The van der Waals surface area contributed by atoms with Crippen molar-refractivity contribution in [3.8, 4) is 5.75 Å². The molecule has 0 heterocycles. The van der Waals surface area contributed by atoms with Gasteiger partial charge in [0.1, 0.15) is 5.75 Å². The fourth-order valence-electron chi connectivity index (χ4n) is 1.89. The summed E-state index contributed by atoms with van der Waals surface area (Å²) >= 11 is 0. The van der Waals surface area contributed by atoms with Crippen LogP contribution >= 0.6 is 7.60 Å². The Balaban J connectivity index is 2.19. The van der Waals surface area contributed by atoms with Crippen molar-refractivity contribution in [1.29, 1.82) is 0 Å². The number of rotatable bonds is 3. The van der Waals surface area contributed by atoms with Crippen LogP contribution in [-0.4, -0.2) is 12.8 Å². The van der Waals surface area contributed by atoms with Gasteiger partial charge in [-0.15, -0.1) is 0 Å². The molecule has 1 aliphatic rings. The molecule has 0 radical (unpaired) electrons. The summed E-state index contributed by atoms with van der Waals surface area (Å²) in [7, 11) is -3.64. The maximum atomic E-state index is 11.4. The van der Waals surface area contributed by atoms with E-state index in [0.29, 0.717) is 0 Å². The molecular weight excluding hydrogens is 243 g/mol. The molecule has 0 aliphatic heterocycles. The number of methoxy groups -OCH3 is 1. The molecule has 0 saturated carbocycles. The second-order valence-corrected chi connectivity index (χ2v) is 5.39. The van der Waals surface area contributed by atoms with Crippen LogP contribution in [0.3, 0.4) is 0 Å². The van der Waals surface area contributed by atoms with Gasteiger partial charge in [-0.1, -0.05) is 6.07 Å². The molecule has 5 nitrogen and oxygen atoms in total. The highest BCUT2D eigenvalue weighted by molar-refractivity contribution is 7.69. The van der Waals surface area contributed by atoms with Crippen LogP contribution in [0.4, 0.5) is 4.79 Å². The van der Waals surface area contributed by atoms with Crippen molar-refractivity contribution in [2.75, 3.05) is 7.11 Å². The standard InChI is InChI=1S/C11H13O5P/c1-15-11(12)17(13,14)16-10-6-5-8-3-2-4-9(8)7-10/h5-7H,2-4H2,1H3,(H,13,14)/p-1. The second kappa shape index (κ2) is 4.51. The molecule has 1 atom stereocenters. The highest BCUT2D eigenvalue weighted by Gasteiger charge is 2.23. The summed E-state index contributed by atoms with van der Waals surface area (Å²) in [6, 6.07) is 5.04. The molecule has 0 fully saturated rings. The monoisotopic (exact) mass is 255 g/mol. The van der Waals surface area contributed by atoms with Gasteiger partial charge in [0.05, 0.1) is 7.11 Å². The number of aryl methyl sites for hydroxylation is 2. The Bertz CT molecular complexity index is 497. The molecule has 2 rings (SSSR count). The van der Waals surface area contributed by atoms with Gasteiger partial charge >= 0.3 is 5.71 Å². The predicted molar refractivity (Wildman–Crippen MR) is 59.1 cm³/mol. The molecule has 1 aliphatic carbocycles. The maximum absolute atomic E-state index is 11.4. The van der Waals surface area contributed by atoms with Gasteiger partial charge in [0.25, 0.3) is 7.60 Å². The minimum atomic E-state index is -4.64. The number of fused-ring (bicyclic) bond motifs is 1. The Kier molecular flexibility index (Phi) is 3.22. The van der Waals surface area contributed by atoms with Gasteiger partial charge in [0, 0.05) is 0 Å². The Morgan fingerprint density at radius 1 is 1.35 bits per heavy atom. The van der Waals surface area contributed by atoms with E-state index in [2.05, 4.69) is 4.74 Å². The van der Waals surface area contributed by atoms with Crippen molar-refractivity contribution in [1.82, 2.24) is 0 Å². The molecule has 6 heteroatoms. The molecule has 17 heavy (non-hydrogen) atoms. The van der Waals surface area contributed by atoms with E-state index < -0.39 is 13.3 Å². The number of carbonyl (C=O) groups is 1. The molecule has 0 amide bonds. The first kappa shape index (κ1) is 12.1. The van der Waals surface area contributed by atoms with E-state index in [4.69, 9.17) is 4.52 Å². The fourth-order valence-corrected chi connectivity index (χ4v) is 2.58. The summed E-state index contributed by atoms with van der Waals surface area (Å²) in [5.41, 5.74) is 0.918. The average Bonchev–Trinajstić information content (AvgIpc) is 2.74. The van der Waals surface area contributed by atoms with Gasteiger partial charge in [-0.25, -0.2) is 4.79 Å². The van der Waals surface area contributed by atoms with Crippen molar-refractivity contribution in [2.45, 2.75) is 19.3 Å². The van der Waals surface area contributed by atoms with Crippen molar-refractivity contribution in [3.05, 3.63) is 29.3 Å². The van der Waals surface area contributed by atoms with Crippen LogP contribution in [0, 0.1) is 0 Å². The molecule has 0 spiro atoms. The van der Waals surface area contributed by atoms with E-state index in [0.717, 1.165) is 31.9 Å². The quantitative estimate of drug-likeness (QED) is 0.770. The first-order valence-corrected chi connectivity index (χ1v) is 6.78. The van der Waals surface area contributed by atoms with Crippen LogP contribution in [0.1, 0.15) is 17.5 Å². The summed E-state index contributed by atoms with van der Waals surface area (Å²) in [6.07, 6.45) is 2.97. The summed E-state index contributed by atoms with van der Waals surface area (Å²) in [5, 5.41) is 0. The van der Waals surface area contributed by atoms with Gasteiger partial charge in [0.2, 0.25) is 0 Å². The molecule has 0 N–H and O–H groups in total. The summed E-state index contributed by atoms with van der Waals surface area (Å²) < 4.78 is 20.2. The SMILES string of the molecule is COC(=O)P(=O)([O-])Oc1ccc2c(c1)CCC2. The number of benzene rings is 1. The van der Waals surface area contributed by atoms with Crippen molar-refractivity contribution in [3.63, 3.8) is 0 Å². The second-order valence-electron chi connectivity index (χ2n) is 3.84. The van der Waals surface area contributed by atoms with E-state index in [1.54, 1.807) is 12.1 Å². The third-order valence-corrected chi connectivity index (χ3v) is 3.77. The summed E-state index contributed by atoms with van der Waals surface area (Å²) in [4.78, 5) is 22.3. The minimum absolute atomic E-state index is 0.161. The topological polar surface area (TPSA) is 75.7 Å². The largest absolute Gasteiger partial charge is 0.761 e. The lowest BCUT2D eigenvalue weighted by molar-refractivity contribution is -0.188. The van der Waals surface area contributed by atoms with Crippen molar-refractivity contribution >= 4 is 13.3 Å². The van der Waals surface area contributed by atoms with Crippen LogP contribution in [0.15, 0.2) is 18.2 Å². The van der Waals surface area contributed by atoms with E-state index >= 15 is 0 Å². The smallest absolute Gasteiger partial charge is 0.389 e. The first-order chi connectivity index (χ1) is 8.03. The Morgan fingerprint density at radius 2 is 2.06 bits per heavy atom. The van der Waals surface area contributed by atoms with E-state index in [1.165, 1.54) is 5.56 Å². The normalized spacial score (nSPS) is 17.1. The summed E-state index contributed by atoms with van der Waals surface area (Å²) in [5.74, 6) is 0.161. The molecule has 0 saturated heterocycles. The van der Waals surface area contributed by atoms with Gasteiger partial charge in [-0.3, -0.25) is 4.57 Å². The zero-order valence-corrected chi connectivity index (χ0v) is 10.2. The number of hydrogen-bond acceptors (Lipinski definition) is 5. The van der Waals surface area contributed by atoms with E-state index in [-0.39, 0.29) is 5.75 Å². The molecule has 1 aromatic rings. The lowest BCUT2D eigenvalue weighted by Crippen LogP contribution is -2.16. The Hall–Kier alpha value is -1.32. The molecular formula is C11H12O5P-. The number of ether oxygens (including phenoxy) is 1. The highest BCUT2D eigenvalue weighted by atomic mass is 31.2. The molecule has 0 aromatic heterocycles. The third-order valence-electron chi connectivity index (χ3n) is 2.69. The molecule has 1 aromatic carbocycles. The lowest BCUT2D eigenvalue weighted by atomic mass is 10.1. The lowest BCUT2D eigenvalue weighted by Gasteiger charge is -2.21. The van der Waals surface area contributed by atoms with E-state index in [1.807, 2.05) is 6.07 Å². The zero-order chi connectivity index (χ0) is 12.5. The van der Waals surface area contributed by atoms with Crippen molar-refractivity contribution in [2.24, 2.45) is 0 Å². The van der Waals surface area contributed by atoms with E-state index in [9.17, 15) is 14.3 Å². The minimum Gasteiger partial charge on any atom is -0.761 e. The van der Waals surface area contributed by atoms with Crippen molar-refractivity contribution < 1.29 is 23.5 Å². The van der Waals surface area contributed by atoms with Gasteiger partial charge < -0.3 is 14.2 Å². The fraction of sp³-hybridized carbons (Fsp3) is 0.364. The van der Waals surface area contributed by atoms with Crippen LogP contribution in [0.2, 0.25) is 0 Å². The Morgan fingerprint density at radius 3 is 2.76 bits per heavy atom. The van der Waals surface area contributed by atoms with Crippen LogP contribution in [0.25, 0.3) is 0 Å². The summed E-state index contributed by atoms with van der Waals surface area (Å²) in [6.45, 7) is 0. The highest BCUT2D eigenvalue weighted by Crippen LogP contribution is 2.41. The molecule has 1 unspecified atom stereocenters. The molecule has 0 bridgehead atoms. The van der Waals surface area contributed by atoms with Crippen LogP contribution in [0.5, 0.6) is 5.75 Å². The van der Waals surface area contributed by atoms with Crippen LogP contribution in [-0.2, 0) is 22.1 Å². The third kappa shape index (κ3) is 2.51. The predicted octanol–water partition coefficient (Wildman–Crippen LogP) is 1.87. The maximum Gasteiger partial charge on any atom is 0.389 e. The average molecular weight is 255 g/mol. The molecule has 92 valence electrons. The first-order valence-electron chi connectivity index (χ1n) is 5.24. The number of hydrogen-bond donors (Lipinski definition) is 0.